The molecular weight excluding hydrogens is 450 g/mol. The fourth-order valence-electron chi connectivity index (χ4n) is 3.73. The molecule has 1 aliphatic heterocycles. The largest absolute Gasteiger partial charge is 0.344 e. The van der Waals surface area contributed by atoms with Gasteiger partial charge in [-0.15, -0.1) is 11.3 Å². The Morgan fingerprint density at radius 3 is 2.62 bits per heavy atom. The topological polar surface area (TPSA) is 113 Å². The Bertz CT molecular complexity index is 1080. The summed E-state index contributed by atoms with van der Waals surface area (Å²) in [4.78, 5) is 39.0. The predicted molar refractivity (Wildman–Crippen MR) is 125 cm³/mol. The second-order valence-corrected chi connectivity index (χ2v) is 11.6. The highest BCUT2D eigenvalue weighted by Gasteiger charge is 2.32. The van der Waals surface area contributed by atoms with E-state index in [4.69, 9.17) is 0 Å². The number of nitrogens with zero attached hydrogens (tertiary/aromatic N) is 1. The molecule has 1 aliphatic rings. The van der Waals surface area contributed by atoms with Crippen molar-refractivity contribution in [3.63, 3.8) is 0 Å². The third-order valence-corrected chi connectivity index (χ3v) is 7.75. The number of fused-ring (bicyclic) bond motifs is 1. The molecule has 1 fully saturated rings. The number of hydrogen-bond acceptors (Lipinski definition) is 6. The molecule has 1 aromatic carbocycles. The zero-order valence-electron chi connectivity index (χ0n) is 18.5. The fourth-order valence-corrected chi connectivity index (χ4v) is 5.52. The van der Waals surface area contributed by atoms with E-state index in [-0.39, 0.29) is 30.7 Å². The average Bonchev–Trinajstić information content (AvgIpc) is 3.05. The number of ketones is 1. The van der Waals surface area contributed by atoms with Gasteiger partial charge in [0.15, 0.2) is 5.78 Å². The molecule has 2 aromatic rings. The van der Waals surface area contributed by atoms with Crippen molar-refractivity contribution >= 4 is 49.0 Å². The summed E-state index contributed by atoms with van der Waals surface area (Å²) in [7, 11) is -3.48. The monoisotopic (exact) mass is 479 g/mol. The van der Waals surface area contributed by atoms with Crippen molar-refractivity contribution in [1.82, 2.24) is 14.9 Å². The van der Waals surface area contributed by atoms with Gasteiger partial charge < -0.3 is 10.6 Å². The average molecular weight is 480 g/mol. The number of rotatable bonds is 7. The lowest BCUT2D eigenvalue weighted by atomic mass is 10.0. The Morgan fingerprint density at radius 1 is 1.25 bits per heavy atom. The third kappa shape index (κ3) is 6.14. The SMILES string of the molecule is CC(C)CC(NC(=O)c1cc2ccccc2s1)C(=O)NC1CCCN(S(C)(=O)=O)CC1=O. The van der Waals surface area contributed by atoms with Crippen LogP contribution in [0.1, 0.15) is 42.8 Å². The van der Waals surface area contributed by atoms with Crippen LogP contribution in [0.4, 0.5) is 0 Å². The first-order chi connectivity index (χ1) is 15.0. The van der Waals surface area contributed by atoms with Crippen LogP contribution in [0.15, 0.2) is 30.3 Å². The molecule has 0 bridgehead atoms. The molecule has 2 amide bonds. The first-order valence-electron chi connectivity index (χ1n) is 10.6. The first-order valence-corrected chi connectivity index (χ1v) is 13.3. The van der Waals surface area contributed by atoms with Crippen molar-refractivity contribution in [2.75, 3.05) is 19.3 Å². The van der Waals surface area contributed by atoms with E-state index in [1.54, 1.807) is 6.07 Å². The van der Waals surface area contributed by atoms with Crippen molar-refractivity contribution < 1.29 is 22.8 Å². The smallest absolute Gasteiger partial charge is 0.262 e. The lowest BCUT2D eigenvalue weighted by Gasteiger charge is -2.23. The quantitative estimate of drug-likeness (QED) is 0.632. The van der Waals surface area contributed by atoms with Crippen LogP contribution >= 0.6 is 11.3 Å². The van der Waals surface area contributed by atoms with Crippen LogP contribution in [0.5, 0.6) is 0 Å². The summed E-state index contributed by atoms with van der Waals surface area (Å²) in [5.41, 5.74) is 0. The minimum absolute atomic E-state index is 0.138. The summed E-state index contributed by atoms with van der Waals surface area (Å²) in [6, 6.07) is 7.91. The van der Waals surface area contributed by atoms with Crippen LogP contribution in [0, 0.1) is 5.92 Å². The van der Waals surface area contributed by atoms with Gasteiger partial charge in [0.1, 0.15) is 6.04 Å². The lowest BCUT2D eigenvalue weighted by Crippen LogP contribution is -2.52. The minimum atomic E-state index is -3.48. The highest BCUT2D eigenvalue weighted by molar-refractivity contribution is 7.88. The van der Waals surface area contributed by atoms with Crippen LogP contribution in [-0.2, 0) is 19.6 Å². The number of thiophene rings is 1. The van der Waals surface area contributed by atoms with Crippen molar-refractivity contribution in [3.05, 3.63) is 35.2 Å². The maximum absolute atomic E-state index is 13.0. The number of carbonyl (C=O) groups is 3. The van der Waals surface area contributed by atoms with Gasteiger partial charge in [-0.25, -0.2) is 8.42 Å². The van der Waals surface area contributed by atoms with Crippen LogP contribution in [0.25, 0.3) is 10.1 Å². The summed E-state index contributed by atoms with van der Waals surface area (Å²) in [5, 5.41) is 6.53. The Balaban J connectivity index is 1.70. The number of hydrogen-bond donors (Lipinski definition) is 2. The summed E-state index contributed by atoms with van der Waals surface area (Å²) in [5.74, 6) is -0.971. The molecule has 0 radical (unpaired) electrons. The Kier molecular flexibility index (Phi) is 7.68. The summed E-state index contributed by atoms with van der Waals surface area (Å²) >= 11 is 1.36. The zero-order valence-corrected chi connectivity index (χ0v) is 20.1. The molecule has 2 N–H and O–H groups in total. The van der Waals surface area contributed by atoms with Crippen LogP contribution in [-0.4, -0.2) is 61.7 Å². The molecule has 1 aromatic heterocycles. The third-order valence-electron chi connectivity index (χ3n) is 5.38. The van der Waals surface area contributed by atoms with Gasteiger partial charge in [-0.05, 0) is 42.7 Å². The van der Waals surface area contributed by atoms with Crippen LogP contribution < -0.4 is 10.6 Å². The zero-order chi connectivity index (χ0) is 23.5. The molecule has 3 rings (SSSR count). The van der Waals surface area contributed by atoms with E-state index in [9.17, 15) is 22.8 Å². The van der Waals surface area contributed by atoms with Crippen molar-refractivity contribution in [1.29, 1.82) is 0 Å². The van der Waals surface area contributed by atoms with E-state index in [0.717, 1.165) is 20.6 Å². The number of benzene rings is 1. The Hall–Kier alpha value is -2.30. The van der Waals surface area contributed by atoms with E-state index in [0.29, 0.717) is 24.1 Å². The standard InChI is InChI=1S/C22H29N3O5S2/c1-14(2)11-17(24-22(28)20-12-15-7-4-5-9-19(15)31-20)21(27)23-16-8-6-10-25(13-18(16)26)32(3,29)30/h4-5,7,9,12,14,16-17H,6,8,10-11,13H2,1-3H3,(H,23,27)(H,24,28). The van der Waals surface area contributed by atoms with Crippen molar-refractivity contribution in [2.45, 2.75) is 45.2 Å². The molecule has 0 spiro atoms. The minimum Gasteiger partial charge on any atom is -0.344 e. The maximum atomic E-state index is 13.0. The molecule has 2 heterocycles. The molecule has 8 nitrogen and oxygen atoms in total. The molecule has 32 heavy (non-hydrogen) atoms. The van der Waals surface area contributed by atoms with Crippen LogP contribution in [0.3, 0.4) is 0 Å². The van der Waals surface area contributed by atoms with Gasteiger partial charge in [-0.1, -0.05) is 32.0 Å². The number of nitrogens with one attached hydrogen (secondary N) is 2. The lowest BCUT2D eigenvalue weighted by molar-refractivity contribution is -0.129. The summed E-state index contributed by atoms with van der Waals surface area (Å²) in [6.07, 6.45) is 2.31. The van der Waals surface area contributed by atoms with E-state index >= 15 is 0 Å². The Morgan fingerprint density at radius 2 is 1.97 bits per heavy atom. The van der Waals surface area contributed by atoms with Gasteiger partial charge in [0.05, 0.1) is 23.7 Å². The number of carbonyl (C=O) groups excluding carboxylic acids is 3. The molecule has 0 saturated carbocycles. The highest BCUT2D eigenvalue weighted by atomic mass is 32.2. The second kappa shape index (κ2) is 10.1. The van der Waals surface area contributed by atoms with E-state index in [2.05, 4.69) is 10.6 Å². The van der Waals surface area contributed by atoms with Gasteiger partial charge in [-0.2, -0.15) is 4.31 Å². The molecule has 2 atom stereocenters. The van der Waals surface area contributed by atoms with E-state index < -0.39 is 28.0 Å². The fraction of sp³-hybridized carbons (Fsp3) is 0.500. The number of amides is 2. The maximum Gasteiger partial charge on any atom is 0.262 e. The summed E-state index contributed by atoms with van der Waals surface area (Å²) < 4.78 is 25.7. The second-order valence-electron chi connectivity index (χ2n) is 8.57. The first kappa shape index (κ1) is 24.3. The molecule has 10 heteroatoms. The van der Waals surface area contributed by atoms with Gasteiger partial charge in [0, 0.05) is 11.2 Å². The molecule has 2 unspecified atom stereocenters. The van der Waals surface area contributed by atoms with E-state index in [1.807, 2.05) is 38.1 Å². The van der Waals surface area contributed by atoms with Gasteiger partial charge in [-0.3, -0.25) is 14.4 Å². The van der Waals surface area contributed by atoms with Gasteiger partial charge in [0.25, 0.3) is 5.91 Å². The highest BCUT2D eigenvalue weighted by Crippen LogP contribution is 2.25. The van der Waals surface area contributed by atoms with Crippen LogP contribution in [0.2, 0.25) is 0 Å². The molecule has 0 aliphatic carbocycles. The van der Waals surface area contributed by atoms with E-state index in [1.165, 1.54) is 11.3 Å². The van der Waals surface area contributed by atoms with Gasteiger partial charge >= 0.3 is 0 Å². The number of Topliss-reactive ketones (excluding diaryl/α,β-unsaturated/α-hetero) is 1. The predicted octanol–water partition coefficient (Wildman–Crippen LogP) is 2.16. The van der Waals surface area contributed by atoms with Gasteiger partial charge in [0.2, 0.25) is 15.9 Å². The van der Waals surface area contributed by atoms with Crippen molar-refractivity contribution in [3.8, 4) is 0 Å². The summed E-state index contributed by atoms with van der Waals surface area (Å²) in [6.45, 7) is 3.89. The molecule has 174 valence electrons. The van der Waals surface area contributed by atoms with Crippen molar-refractivity contribution in [2.24, 2.45) is 5.92 Å². The normalized spacial score (nSPS) is 19.0. The molecule has 1 saturated heterocycles. The molecular formula is C22H29N3O5S2. The number of sulfonamides is 1. The Labute approximate surface area is 192 Å².